The van der Waals surface area contributed by atoms with Crippen LogP contribution in [0.5, 0.6) is 0 Å². The Bertz CT molecular complexity index is 191. The van der Waals surface area contributed by atoms with Crippen LogP contribution in [0.25, 0.3) is 5.32 Å². The van der Waals surface area contributed by atoms with Gasteiger partial charge in [0.05, 0.1) is 0 Å². The van der Waals surface area contributed by atoms with Crippen molar-refractivity contribution in [2.75, 3.05) is 6.54 Å². The first kappa shape index (κ1) is 12.7. The van der Waals surface area contributed by atoms with Gasteiger partial charge in [0.2, 0.25) is 0 Å². The van der Waals surface area contributed by atoms with Crippen LogP contribution in [0, 0.1) is 0 Å². The molecule has 1 aliphatic rings. The van der Waals surface area contributed by atoms with Crippen LogP contribution in [0.2, 0.25) is 0 Å². The normalized spacial score (nSPS) is 13.5. The van der Waals surface area contributed by atoms with E-state index in [1.54, 1.807) is 4.68 Å². The van der Waals surface area contributed by atoms with E-state index in [1.165, 1.54) is 0 Å². The first-order valence-corrected chi connectivity index (χ1v) is 3.85. The van der Waals surface area contributed by atoms with Gasteiger partial charge in [-0.15, -0.1) is 11.6 Å². The topological polar surface area (TPSA) is 57.7 Å². The van der Waals surface area contributed by atoms with Crippen molar-refractivity contribution in [3.63, 3.8) is 0 Å². The molecule has 1 aromatic heterocycles. The monoisotopic (exact) mass is 193 g/mol. The van der Waals surface area contributed by atoms with Crippen molar-refractivity contribution < 1.29 is 51.4 Å². The van der Waals surface area contributed by atoms with Crippen molar-refractivity contribution >= 4 is 0 Å². The summed E-state index contributed by atoms with van der Waals surface area (Å²) in [5, 5.41) is 15.2. The van der Waals surface area contributed by atoms with E-state index in [4.69, 9.17) is 0 Å². The van der Waals surface area contributed by atoms with E-state index < -0.39 is 0 Å². The summed E-state index contributed by atoms with van der Waals surface area (Å²) in [5.74, 6) is 0.876. The maximum absolute atomic E-state index is 4.13. The molecule has 0 unspecified atom stereocenters. The molecule has 5 nitrogen and oxygen atoms in total. The zero-order valence-electron chi connectivity index (χ0n) is 7.86. The first-order chi connectivity index (χ1) is 5.47. The predicted octanol–water partition coefficient (Wildman–Crippen LogP) is -2.41. The molecule has 2 rings (SSSR count). The molecule has 0 saturated carbocycles. The molecule has 0 saturated heterocycles. The molecular weight excluding hydrogens is 181 g/mol. The van der Waals surface area contributed by atoms with Crippen LogP contribution in [0.4, 0.5) is 0 Å². The van der Waals surface area contributed by atoms with Gasteiger partial charge in [0.1, 0.15) is 5.82 Å². The quantitative estimate of drug-likeness (QED) is 0.431. The fourth-order valence-electron chi connectivity index (χ4n) is 0.855. The number of fused-ring (bicyclic) bond motifs is 1. The van der Waals surface area contributed by atoms with Crippen molar-refractivity contribution in [2.45, 2.75) is 26.9 Å². The molecule has 0 amide bonds. The van der Waals surface area contributed by atoms with E-state index in [-0.39, 0.29) is 51.4 Å². The Hall–Kier alpha value is 0.666. The van der Waals surface area contributed by atoms with E-state index in [0.29, 0.717) is 6.54 Å². The SMILES string of the molecule is C1Cn2nnnc2C[N-]1.CC.[K+]. The Morgan fingerprint density at radius 3 is 2.83 bits per heavy atom. The fourth-order valence-corrected chi connectivity index (χ4v) is 0.855. The summed E-state index contributed by atoms with van der Waals surface area (Å²) in [6, 6.07) is 0. The average molecular weight is 193 g/mol. The van der Waals surface area contributed by atoms with Crippen molar-refractivity contribution in [3.05, 3.63) is 11.1 Å². The van der Waals surface area contributed by atoms with Crippen LogP contribution in [0.15, 0.2) is 0 Å². The molecule has 0 aliphatic carbocycles. The maximum atomic E-state index is 4.13. The Morgan fingerprint density at radius 2 is 2.17 bits per heavy atom. The minimum Gasteiger partial charge on any atom is -0.654 e. The van der Waals surface area contributed by atoms with Crippen molar-refractivity contribution in [1.82, 2.24) is 20.2 Å². The number of nitrogens with zero attached hydrogens (tertiary/aromatic N) is 5. The molecular formula is C6H12KN5. The fraction of sp³-hybridized carbons (Fsp3) is 0.833. The molecule has 6 heteroatoms. The average Bonchev–Trinajstić information content (AvgIpc) is 2.55. The number of hydrogen-bond donors (Lipinski definition) is 0. The van der Waals surface area contributed by atoms with Gasteiger partial charge < -0.3 is 5.32 Å². The Kier molecular flexibility index (Phi) is 7.50. The maximum Gasteiger partial charge on any atom is 1.00 e. The summed E-state index contributed by atoms with van der Waals surface area (Å²) < 4.78 is 1.78. The molecule has 0 atom stereocenters. The zero-order chi connectivity index (χ0) is 8.10. The minimum atomic E-state index is 0. The molecule has 0 spiro atoms. The van der Waals surface area contributed by atoms with E-state index >= 15 is 0 Å². The second-order valence-corrected chi connectivity index (χ2v) is 1.92. The largest absolute Gasteiger partial charge is 1.00 e. The van der Waals surface area contributed by atoms with Gasteiger partial charge in [-0.3, -0.25) is 0 Å². The minimum absolute atomic E-state index is 0. The molecule has 1 aromatic rings. The summed E-state index contributed by atoms with van der Waals surface area (Å²) in [5.41, 5.74) is 0. The van der Waals surface area contributed by atoms with Crippen molar-refractivity contribution in [1.29, 1.82) is 0 Å². The molecule has 0 aromatic carbocycles. The van der Waals surface area contributed by atoms with E-state index in [2.05, 4.69) is 20.8 Å². The third kappa shape index (κ3) is 3.19. The zero-order valence-corrected chi connectivity index (χ0v) is 11.0. The van der Waals surface area contributed by atoms with Crippen LogP contribution in [0.1, 0.15) is 19.7 Å². The second-order valence-electron chi connectivity index (χ2n) is 1.92. The molecule has 62 valence electrons. The Balaban J connectivity index is 0.000000378. The van der Waals surface area contributed by atoms with Gasteiger partial charge >= 0.3 is 51.4 Å². The predicted molar refractivity (Wildman–Crippen MR) is 41.1 cm³/mol. The third-order valence-corrected chi connectivity index (χ3v) is 1.33. The van der Waals surface area contributed by atoms with Crippen LogP contribution < -0.4 is 51.4 Å². The molecule has 0 bridgehead atoms. The van der Waals surface area contributed by atoms with E-state index in [0.717, 1.165) is 18.9 Å². The summed E-state index contributed by atoms with van der Waals surface area (Å²) >= 11 is 0. The summed E-state index contributed by atoms with van der Waals surface area (Å²) in [7, 11) is 0. The van der Waals surface area contributed by atoms with Gasteiger partial charge in [-0.2, -0.15) is 0 Å². The smallest absolute Gasteiger partial charge is 0.654 e. The van der Waals surface area contributed by atoms with Crippen LogP contribution in [-0.4, -0.2) is 26.8 Å². The molecule has 0 radical (unpaired) electrons. The molecule has 12 heavy (non-hydrogen) atoms. The van der Waals surface area contributed by atoms with E-state index in [9.17, 15) is 0 Å². The number of tetrazole rings is 1. The number of aromatic nitrogens is 4. The molecule has 2 heterocycles. The van der Waals surface area contributed by atoms with E-state index in [1.807, 2.05) is 13.8 Å². The van der Waals surface area contributed by atoms with Gasteiger partial charge in [0.25, 0.3) is 0 Å². The van der Waals surface area contributed by atoms with Gasteiger partial charge in [-0.05, 0) is 10.4 Å². The number of hydrogen-bond acceptors (Lipinski definition) is 3. The summed E-state index contributed by atoms with van der Waals surface area (Å²) in [6.45, 7) is 6.35. The van der Waals surface area contributed by atoms with Crippen LogP contribution in [0.3, 0.4) is 0 Å². The molecule has 1 aliphatic heterocycles. The van der Waals surface area contributed by atoms with Gasteiger partial charge in [-0.1, -0.05) is 20.4 Å². The van der Waals surface area contributed by atoms with Crippen LogP contribution >= 0.6 is 0 Å². The summed E-state index contributed by atoms with van der Waals surface area (Å²) in [6.07, 6.45) is 0. The number of rotatable bonds is 0. The summed E-state index contributed by atoms with van der Waals surface area (Å²) in [4.78, 5) is 0. The third-order valence-electron chi connectivity index (χ3n) is 1.33. The van der Waals surface area contributed by atoms with Gasteiger partial charge in [0.15, 0.2) is 0 Å². The Labute approximate surface area is 115 Å². The van der Waals surface area contributed by atoms with Crippen molar-refractivity contribution in [3.8, 4) is 0 Å². The van der Waals surface area contributed by atoms with Gasteiger partial charge in [-0.25, -0.2) is 4.68 Å². The molecule has 0 N–H and O–H groups in total. The van der Waals surface area contributed by atoms with Crippen molar-refractivity contribution in [2.24, 2.45) is 0 Å². The standard InChI is InChI=1S/C4H6N5.C2H6.K/c1-2-9-4(3-5-1)6-7-8-9;1-2;/h1-3H2;1-2H3;/q-1;;+1. The molecule has 0 fully saturated rings. The first-order valence-electron chi connectivity index (χ1n) is 3.85. The Morgan fingerprint density at radius 1 is 1.42 bits per heavy atom. The van der Waals surface area contributed by atoms with Gasteiger partial charge in [0, 0.05) is 6.54 Å². The second kappa shape index (κ2) is 7.11. The van der Waals surface area contributed by atoms with Crippen LogP contribution in [-0.2, 0) is 13.1 Å².